The van der Waals surface area contributed by atoms with Crippen LogP contribution >= 0.6 is 0 Å². The molecular weight excluding hydrogens is 366 g/mol. The summed E-state index contributed by atoms with van der Waals surface area (Å²) in [5, 5.41) is 3.03. The molecule has 0 unspecified atom stereocenters. The summed E-state index contributed by atoms with van der Waals surface area (Å²) in [4.78, 5) is 40.5. The predicted molar refractivity (Wildman–Crippen MR) is 113 cm³/mol. The second-order valence-electron chi connectivity index (χ2n) is 8.65. The highest BCUT2D eigenvalue weighted by Gasteiger charge is 2.33. The lowest BCUT2D eigenvalue weighted by Crippen LogP contribution is -2.51. The number of nitrogens with zero attached hydrogens (tertiary/aromatic N) is 2. The molecule has 1 aromatic carbocycles. The average molecular weight is 400 g/mol. The first-order chi connectivity index (χ1) is 13.8. The lowest BCUT2D eigenvalue weighted by molar-refractivity contribution is -0.142. The lowest BCUT2D eigenvalue weighted by atomic mass is 9.80. The third-order valence-electron chi connectivity index (χ3n) is 6.33. The van der Waals surface area contributed by atoms with Gasteiger partial charge in [0.15, 0.2) is 0 Å². The van der Waals surface area contributed by atoms with Crippen molar-refractivity contribution in [2.24, 2.45) is 11.8 Å². The van der Waals surface area contributed by atoms with Crippen molar-refractivity contribution in [1.82, 2.24) is 9.80 Å². The van der Waals surface area contributed by atoms with Gasteiger partial charge in [0, 0.05) is 50.6 Å². The Morgan fingerprint density at radius 2 is 1.38 bits per heavy atom. The Balaban J connectivity index is 1.45. The van der Waals surface area contributed by atoms with Gasteiger partial charge in [-0.2, -0.15) is 0 Å². The Bertz CT molecular complexity index is 728. The molecule has 29 heavy (non-hydrogen) atoms. The molecule has 158 valence electrons. The first-order valence-electron chi connectivity index (χ1n) is 10.8. The minimum Gasteiger partial charge on any atom is -0.339 e. The van der Waals surface area contributed by atoms with E-state index >= 15 is 0 Å². The summed E-state index contributed by atoms with van der Waals surface area (Å²) in [6.07, 6.45) is 3.02. The highest BCUT2D eigenvalue weighted by atomic mass is 16.2. The van der Waals surface area contributed by atoms with Crippen molar-refractivity contribution in [3.63, 3.8) is 0 Å². The molecule has 1 N–H and O–H groups in total. The third-order valence-corrected chi connectivity index (χ3v) is 6.33. The fourth-order valence-corrected chi connectivity index (χ4v) is 4.30. The molecule has 1 saturated carbocycles. The molecule has 2 aliphatic rings. The zero-order valence-electron chi connectivity index (χ0n) is 17.8. The molecular formula is C23H33N3O3. The van der Waals surface area contributed by atoms with Crippen LogP contribution in [0.2, 0.25) is 0 Å². The van der Waals surface area contributed by atoms with Gasteiger partial charge in [0.05, 0.1) is 0 Å². The van der Waals surface area contributed by atoms with E-state index in [9.17, 15) is 14.4 Å². The van der Waals surface area contributed by atoms with E-state index in [1.165, 1.54) is 5.56 Å². The Labute approximate surface area is 173 Å². The molecule has 1 heterocycles. The van der Waals surface area contributed by atoms with Crippen molar-refractivity contribution in [3.8, 4) is 0 Å². The highest BCUT2D eigenvalue weighted by molar-refractivity contribution is 5.92. The van der Waals surface area contributed by atoms with Gasteiger partial charge in [0.1, 0.15) is 0 Å². The number of anilines is 1. The Morgan fingerprint density at radius 1 is 0.862 bits per heavy atom. The molecule has 0 atom stereocenters. The average Bonchev–Trinajstić information content (AvgIpc) is 2.73. The Hall–Kier alpha value is -2.37. The van der Waals surface area contributed by atoms with Crippen LogP contribution in [-0.4, -0.2) is 53.7 Å². The van der Waals surface area contributed by atoms with Crippen molar-refractivity contribution in [3.05, 3.63) is 29.8 Å². The SMILES string of the molecule is CC(=O)N1CCN(C(=O)C2CCC(C(=O)Nc3ccc(C(C)C)cc3)CC2)CC1. The number of benzene rings is 1. The van der Waals surface area contributed by atoms with Crippen molar-refractivity contribution in [2.75, 3.05) is 31.5 Å². The molecule has 3 amide bonds. The Morgan fingerprint density at radius 3 is 1.90 bits per heavy atom. The fraction of sp³-hybridized carbons (Fsp3) is 0.609. The van der Waals surface area contributed by atoms with Crippen LogP contribution in [0, 0.1) is 11.8 Å². The van der Waals surface area contributed by atoms with E-state index < -0.39 is 0 Å². The molecule has 0 spiro atoms. The highest BCUT2D eigenvalue weighted by Crippen LogP contribution is 2.31. The number of rotatable bonds is 4. The molecule has 0 aromatic heterocycles. The van der Waals surface area contributed by atoms with Gasteiger partial charge < -0.3 is 15.1 Å². The number of hydrogen-bond donors (Lipinski definition) is 1. The maximum absolute atomic E-state index is 12.8. The van der Waals surface area contributed by atoms with Gasteiger partial charge in [-0.15, -0.1) is 0 Å². The summed E-state index contributed by atoms with van der Waals surface area (Å²) < 4.78 is 0. The number of piperazine rings is 1. The van der Waals surface area contributed by atoms with Crippen LogP contribution in [-0.2, 0) is 14.4 Å². The van der Waals surface area contributed by atoms with Crippen molar-refractivity contribution in [2.45, 2.75) is 52.4 Å². The second-order valence-corrected chi connectivity index (χ2v) is 8.65. The summed E-state index contributed by atoms with van der Waals surface area (Å²) in [5.41, 5.74) is 2.09. The first kappa shape index (κ1) is 21.3. The summed E-state index contributed by atoms with van der Waals surface area (Å²) in [7, 11) is 0. The molecule has 1 aromatic rings. The number of carbonyl (C=O) groups is 3. The number of nitrogens with one attached hydrogen (secondary N) is 1. The van der Waals surface area contributed by atoms with Crippen molar-refractivity contribution in [1.29, 1.82) is 0 Å². The summed E-state index contributed by atoms with van der Waals surface area (Å²) in [6, 6.07) is 8.04. The molecule has 1 aliphatic carbocycles. The maximum Gasteiger partial charge on any atom is 0.227 e. The van der Waals surface area contributed by atoms with E-state index in [0.717, 1.165) is 31.4 Å². The third kappa shape index (κ3) is 5.37. The van der Waals surface area contributed by atoms with E-state index in [-0.39, 0.29) is 29.6 Å². The van der Waals surface area contributed by atoms with E-state index in [1.54, 1.807) is 11.8 Å². The minimum atomic E-state index is -0.0293. The number of carbonyl (C=O) groups excluding carboxylic acids is 3. The second kappa shape index (κ2) is 9.42. The van der Waals surface area contributed by atoms with Crippen LogP contribution in [0.4, 0.5) is 5.69 Å². The van der Waals surface area contributed by atoms with Crippen molar-refractivity contribution < 1.29 is 14.4 Å². The minimum absolute atomic E-state index is 0.00764. The van der Waals surface area contributed by atoms with Gasteiger partial charge in [-0.3, -0.25) is 14.4 Å². The van der Waals surface area contributed by atoms with Crippen LogP contribution in [0.25, 0.3) is 0 Å². The quantitative estimate of drug-likeness (QED) is 0.845. The van der Waals surface area contributed by atoms with Gasteiger partial charge in [0.25, 0.3) is 0 Å². The zero-order chi connectivity index (χ0) is 21.0. The number of amides is 3. The summed E-state index contributed by atoms with van der Waals surface area (Å²) in [5.74, 6) is 0.770. The van der Waals surface area contributed by atoms with Crippen LogP contribution in [0.15, 0.2) is 24.3 Å². The molecule has 3 rings (SSSR count). The van der Waals surface area contributed by atoms with Crippen LogP contribution in [0.5, 0.6) is 0 Å². The Kier molecular flexibility index (Phi) is 6.93. The van der Waals surface area contributed by atoms with Gasteiger partial charge >= 0.3 is 0 Å². The zero-order valence-corrected chi connectivity index (χ0v) is 17.8. The molecule has 1 aliphatic heterocycles. The lowest BCUT2D eigenvalue weighted by Gasteiger charge is -2.37. The van der Waals surface area contributed by atoms with Gasteiger partial charge in [-0.05, 0) is 49.3 Å². The van der Waals surface area contributed by atoms with Gasteiger partial charge in [0.2, 0.25) is 17.7 Å². The van der Waals surface area contributed by atoms with Crippen LogP contribution in [0.1, 0.15) is 57.9 Å². The first-order valence-corrected chi connectivity index (χ1v) is 10.8. The maximum atomic E-state index is 12.8. The van der Waals surface area contributed by atoms with E-state index in [2.05, 4.69) is 31.3 Å². The van der Waals surface area contributed by atoms with Crippen molar-refractivity contribution >= 4 is 23.4 Å². The number of hydrogen-bond acceptors (Lipinski definition) is 3. The normalized spacial score (nSPS) is 22.5. The van der Waals surface area contributed by atoms with E-state index in [4.69, 9.17) is 0 Å². The molecule has 2 fully saturated rings. The summed E-state index contributed by atoms with van der Waals surface area (Å²) in [6.45, 7) is 8.34. The molecule has 6 heteroatoms. The van der Waals surface area contributed by atoms with Gasteiger partial charge in [-0.25, -0.2) is 0 Å². The fourth-order valence-electron chi connectivity index (χ4n) is 4.30. The van der Waals surface area contributed by atoms with E-state index in [0.29, 0.717) is 32.1 Å². The summed E-state index contributed by atoms with van der Waals surface area (Å²) >= 11 is 0. The monoisotopic (exact) mass is 399 g/mol. The molecule has 1 saturated heterocycles. The standard InChI is InChI=1S/C23H33N3O3/c1-16(2)18-8-10-21(11-9-18)24-22(28)19-4-6-20(7-5-19)23(29)26-14-12-25(13-15-26)17(3)27/h8-11,16,19-20H,4-7,12-15H2,1-3H3,(H,24,28). The smallest absolute Gasteiger partial charge is 0.227 e. The van der Waals surface area contributed by atoms with Crippen LogP contribution in [0.3, 0.4) is 0 Å². The topological polar surface area (TPSA) is 69.7 Å². The van der Waals surface area contributed by atoms with E-state index in [1.807, 2.05) is 17.0 Å². The van der Waals surface area contributed by atoms with Crippen LogP contribution < -0.4 is 5.32 Å². The molecule has 6 nitrogen and oxygen atoms in total. The van der Waals surface area contributed by atoms with Gasteiger partial charge in [-0.1, -0.05) is 26.0 Å². The predicted octanol–water partition coefficient (Wildman–Crippen LogP) is 3.25. The largest absolute Gasteiger partial charge is 0.339 e. The molecule has 0 radical (unpaired) electrons. The molecule has 0 bridgehead atoms.